The van der Waals surface area contributed by atoms with Gasteiger partial charge in [0.1, 0.15) is 0 Å². The molecule has 19 heavy (non-hydrogen) atoms. The maximum absolute atomic E-state index is 12.1. The standard InChI is InChI=1S/C12H15N5OS/c1-7-13-3-8(19-7)4-15-12(18)10-2-9-11(5-14-10)17-6-16-9/h3,6,10,14H,2,4-5H2,1H3,(H,15,18)(H,16,17). The number of thiazole rings is 1. The van der Waals surface area contributed by atoms with Crippen LogP contribution in [-0.2, 0) is 24.3 Å². The number of aromatic amines is 1. The van der Waals surface area contributed by atoms with Crippen molar-refractivity contribution in [2.24, 2.45) is 0 Å². The minimum atomic E-state index is -0.204. The van der Waals surface area contributed by atoms with Gasteiger partial charge in [0.05, 0.1) is 35.3 Å². The van der Waals surface area contributed by atoms with Crippen molar-refractivity contribution in [2.75, 3.05) is 0 Å². The molecule has 0 radical (unpaired) electrons. The predicted molar refractivity (Wildman–Crippen MR) is 71.6 cm³/mol. The number of aromatic nitrogens is 3. The Morgan fingerprint density at radius 1 is 1.58 bits per heavy atom. The number of fused-ring (bicyclic) bond motifs is 1. The molecule has 100 valence electrons. The first-order chi connectivity index (χ1) is 9.22. The van der Waals surface area contributed by atoms with Crippen molar-refractivity contribution in [3.05, 3.63) is 33.8 Å². The molecule has 1 unspecified atom stereocenters. The third-order valence-electron chi connectivity index (χ3n) is 3.15. The van der Waals surface area contributed by atoms with Crippen molar-refractivity contribution in [1.29, 1.82) is 0 Å². The topological polar surface area (TPSA) is 82.7 Å². The summed E-state index contributed by atoms with van der Waals surface area (Å²) in [6.45, 7) is 3.15. The van der Waals surface area contributed by atoms with Crippen molar-refractivity contribution >= 4 is 17.2 Å². The molecular weight excluding hydrogens is 262 g/mol. The highest BCUT2D eigenvalue weighted by molar-refractivity contribution is 7.11. The van der Waals surface area contributed by atoms with Crippen LogP contribution in [0.3, 0.4) is 0 Å². The first kappa shape index (κ1) is 12.3. The number of rotatable bonds is 3. The van der Waals surface area contributed by atoms with E-state index < -0.39 is 0 Å². The Morgan fingerprint density at radius 3 is 3.26 bits per heavy atom. The zero-order chi connectivity index (χ0) is 13.2. The number of carbonyl (C=O) groups is 1. The van der Waals surface area contributed by atoms with Crippen LogP contribution in [0, 0.1) is 6.92 Å². The molecule has 0 fully saturated rings. The number of nitrogens with zero attached hydrogens (tertiary/aromatic N) is 2. The van der Waals surface area contributed by atoms with Crippen LogP contribution in [-0.4, -0.2) is 26.9 Å². The van der Waals surface area contributed by atoms with Gasteiger partial charge in [-0.2, -0.15) is 0 Å². The molecule has 3 rings (SSSR count). The fourth-order valence-corrected chi connectivity index (χ4v) is 2.87. The lowest BCUT2D eigenvalue weighted by atomic mass is 10.0. The Labute approximate surface area is 114 Å². The molecule has 1 atom stereocenters. The SMILES string of the molecule is Cc1ncc(CNC(=O)C2Cc3nc[nH]c3CN2)s1. The third kappa shape index (κ3) is 2.66. The molecule has 3 heterocycles. The molecule has 0 saturated heterocycles. The summed E-state index contributed by atoms with van der Waals surface area (Å²) in [6, 6.07) is -0.204. The normalized spacial score (nSPS) is 18.1. The monoisotopic (exact) mass is 277 g/mol. The Bertz CT molecular complexity index is 590. The maximum Gasteiger partial charge on any atom is 0.237 e. The highest BCUT2D eigenvalue weighted by Crippen LogP contribution is 2.13. The van der Waals surface area contributed by atoms with E-state index in [0.29, 0.717) is 19.5 Å². The van der Waals surface area contributed by atoms with Crippen LogP contribution < -0.4 is 10.6 Å². The summed E-state index contributed by atoms with van der Waals surface area (Å²) in [5, 5.41) is 7.16. The van der Waals surface area contributed by atoms with Gasteiger partial charge in [-0.3, -0.25) is 10.1 Å². The Balaban J connectivity index is 1.57. The average Bonchev–Trinajstić information content (AvgIpc) is 3.03. The molecule has 2 aromatic rings. The van der Waals surface area contributed by atoms with Gasteiger partial charge < -0.3 is 10.3 Å². The van der Waals surface area contributed by atoms with Gasteiger partial charge in [-0.25, -0.2) is 9.97 Å². The van der Waals surface area contributed by atoms with Crippen LogP contribution >= 0.6 is 11.3 Å². The number of amides is 1. The number of hydrogen-bond acceptors (Lipinski definition) is 5. The highest BCUT2D eigenvalue weighted by Gasteiger charge is 2.25. The van der Waals surface area contributed by atoms with E-state index in [1.807, 2.05) is 6.92 Å². The summed E-state index contributed by atoms with van der Waals surface area (Å²) in [6.07, 6.45) is 4.11. The smallest absolute Gasteiger partial charge is 0.237 e. The first-order valence-corrected chi connectivity index (χ1v) is 6.97. The van der Waals surface area contributed by atoms with Gasteiger partial charge in [-0.1, -0.05) is 0 Å². The number of nitrogens with one attached hydrogen (secondary N) is 3. The molecule has 2 aromatic heterocycles. The molecule has 0 aliphatic carbocycles. The minimum Gasteiger partial charge on any atom is -0.350 e. The highest BCUT2D eigenvalue weighted by atomic mass is 32.1. The summed E-state index contributed by atoms with van der Waals surface area (Å²) < 4.78 is 0. The van der Waals surface area contributed by atoms with Gasteiger partial charge in [0.25, 0.3) is 0 Å². The first-order valence-electron chi connectivity index (χ1n) is 6.16. The van der Waals surface area contributed by atoms with E-state index in [9.17, 15) is 4.79 Å². The molecule has 1 amide bonds. The van der Waals surface area contributed by atoms with Gasteiger partial charge >= 0.3 is 0 Å². The predicted octanol–water partition coefficient (Wildman–Crippen LogP) is 0.505. The quantitative estimate of drug-likeness (QED) is 0.763. The molecule has 0 aromatic carbocycles. The summed E-state index contributed by atoms with van der Waals surface area (Å²) in [5.41, 5.74) is 2.05. The number of aryl methyl sites for hydroxylation is 1. The lowest BCUT2D eigenvalue weighted by Crippen LogP contribution is -2.47. The van der Waals surface area contributed by atoms with Crippen molar-refractivity contribution in [3.63, 3.8) is 0 Å². The van der Waals surface area contributed by atoms with E-state index >= 15 is 0 Å². The summed E-state index contributed by atoms with van der Waals surface area (Å²) in [7, 11) is 0. The molecule has 7 heteroatoms. The van der Waals surface area contributed by atoms with E-state index in [2.05, 4.69) is 25.6 Å². The number of hydrogen-bond donors (Lipinski definition) is 3. The Morgan fingerprint density at radius 2 is 2.47 bits per heavy atom. The van der Waals surface area contributed by atoms with Gasteiger partial charge in [0, 0.05) is 24.0 Å². The fraction of sp³-hybridized carbons (Fsp3) is 0.417. The van der Waals surface area contributed by atoms with Crippen molar-refractivity contribution < 1.29 is 4.79 Å². The second-order valence-electron chi connectivity index (χ2n) is 4.53. The molecular formula is C12H15N5OS. The van der Waals surface area contributed by atoms with E-state index in [1.165, 1.54) is 0 Å². The van der Waals surface area contributed by atoms with Crippen LogP contribution in [0.2, 0.25) is 0 Å². The second-order valence-corrected chi connectivity index (χ2v) is 5.85. The lowest BCUT2D eigenvalue weighted by Gasteiger charge is -2.22. The van der Waals surface area contributed by atoms with Crippen LogP contribution in [0.1, 0.15) is 21.3 Å². The van der Waals surface area contributed by atoms with Gasteiger partial charge in [0.2, 0.25) is 5.91 Å². The number of carbonyl (C=O) groups excluding carboxylic acids is 1. The van der Waals surface area contributed by atoms with E-state index in [0.717, 1.165) is 21.3 Å². The number of H-pyrrole nitrogens is 1. The molecule has 0 spiro atoms. The Kier molecular flexibility index (Phi) is 3.31. The van der Waals surface area contributed by atoms with Crippen molar-refractivity contribution in [3.8, 4) is 0 Å². The number of imidazole rings is 1. The van der Waals surface area contributed by atoms with E-state index in [1.54, 1.807) is 23.9 Å². The molecule has 0 saturated carbocycles. The molecule has 3 N–H and O–H groups in total. The lowest BCUT2D eigenvalue weighted by molar-refractivity contribution is -0.123. The summed E-state index contributed by atoms with van der Waals surface area (Å²) in [4.78, 5) is 24.6. The maximum atomic E-state index is 12.1. The van der Waals surface area contributed by atoms with Crippen LogP contribution in [0.15, 0.2) is 12.5 Å². The van der Waals surface area contributed by atoms with Crippen LogP contribution in [0.4, 0.5) is 0 Å². The zero-order valence-corrected chi connectivity index (χ0v) is 11.4. The molecule has 1 aliphatic heterocycles. The average molecular weight is 277 g/mol. The molecule has 6 nitrogen and oxygen atoms in total. The van der Waals surface area contributed by atoms with Crippen LogP contribution in [0.25, 0.3) is 0 Å². The van der Waals surface area contributed by atoms with E-state index in [4.69, 9.17) is 0 Å². The largest absolute Gasteiger partial charge is 0.350 e. The van der Waals surface area contributed by atoms with Gasteiger partial charge in [-0.15, -0.1) is 11.3 Å². The van der Waals surface area contributed by atoms with Gasteiger partial charge in [-0.05, 0) is 6.92 Å². The fourth-order valence-electron chi connectivity index (χ4n) is 2.14. The summed E-state index contributed by atoms with van der Waals surface area (Å²) >= 11 is 1.60. The second kappa shape index (κ2) is 5.10. The minimum absolute atomic E-state index is 0.0136. The molecule has 1 aliphatic rings. The van der Waals surface area contributed by atoms with E-state index in [-0.39, 0.29) is 11.9 Å². The van der Waals surface area contributed by atoms with Crippen molar-refractivity contribution in [1.82, 2.24) is 25.6 Å². The summed E-state index contributed by atoms with van der Waals surface area (Å²) in [5.74, 6) is 0.0136. The Hall–Kier alpha value is -1.73. The van der Waals surface area contributed by atoms with Crippen LogP contribution in [0.5, 0.6) is 0 Å². The third-order valence-corrected chi connectivity index (χ3v) is 4.07. The van der Waals surface area contributed by atoms with Crippen molar-refractivity contribution in [2.45, 2.75) is 32.5 Å². The zero-order valence-electron chi connectivity index (χ0n) is 10.6. The molecule has 0 bridgehead atoms. The van der Waals surface area contributed by atoms with Gasteiger partial charge in [0.15, 0.2) is 0 Å².